The lowest BCUT2D eigenvalue weighted by Crippen LogP contribution is -2.25. The number of hydrogen-bond acceptors (Lipinski definition) is 4. The predicted molar refractivity (Wildman–Crippen MR) is 103 cm³/mol. The SMILES string of the molecule is CC(=NNC(=O)COc1cc(C)c(Br)cc1C(C)C)c1cccs1. The van der Waals surface area contributed by atoms with E-state index < -0.39 is 0 Å². The monoisotopic (exact) mass is 408 g/mol. The molecular weight excluding hydrogens is 388 g/mol. The molecule has 0 aliphatic rings. The highest BCUT2D eigenvalue weighted by molar-refractivity contribution is 9.10. The van der Waals surface area contributed by atoms with Crippen molar-refractivity contribution in [3.8, 4) is 5.75 Å². The van der Waals surface area contributed by atoms with Crippen LogP contribution in [0.1, 0.15) is 42.7 Å². The van der Waals surface area contributed by atoms with Crippen molar-refractivity contribution in [1.82, 2.24) is 5.43 Å². The smallest absolute Gasteiger partial charge is 0.277 e. The van der Waals surface area contributed by atoms with E-state index in [0.29, 0.717) is 5.92 Å². The van der Waals surface area contributed by atoms with Gasteiger partial charge in [-0.15, -0.1) is 11.3 Å². The fraction of sp³-hybridized carbons (Fsp3) is 0.333. The number of halogens is 1. The number of nitrogens with one attached hydrogen (secondary N) is 1. The van der Waals surface area contributed by atoms with E-state index in [9.17, 15) is 4.79 Å². The van der Waals surface area contributed by atoms with Crippen LogP contribution >= 0.6 is 27.3 Å². The first-order chi connectivity index (χ1) is 11.4. The molecule has 0 radical (unpaired) electrons. The van der Waals surface area contributed by atoms with Crippen LogP contribution in [0.2, 0.25) is 0 Å². The average molecular weight is 409 g/mol. The van der Waals surface area contributed by atoms with Crippen molar-refractivity contribution in [3.05, 3.63) is 50.1 Å². The van der Waals surface area contributed by atoms with Crippen LogP contribution < -0.4 is 10.2 Å². The topological polar surface area (TPSA) is 50.7 Å². The molecule has 6 heteroatoms. The van der Waals surface area contributed by atoms with Crippen molar-refractivity contribution in [2.75, 3.05) is 6.61 Å². The summed E-state index contributed by atoms with van der Waals surface area (Å²) in [6.07, 6.45) is 0. The Balaban J connectivity index is 1.99. The molecule has 1 amide bonds. The maximum absolute atomic E-state index is 12.0. The highest BCUT2D eigenvalue weighted by atomic mass is 79.9. The van der Waals surface area contributed by atoms with Gasteiger partial charge in [0.05, 0.1) is 5.71 Å². The van der Waals surface area contributed by atoms with Crippen LogP contribution in [0.3, 0.4) is 0 Å². The standard InChI is InChI=1S/C18H21BrN2O2S/c1-11(2)14-9-15(19)12(3)8-16(14)23-10-18(22)21-20-13(4)17-6-5-7-24-17/h5-9,11H,10H2,1-4H3,(H,21,22). The molecule has 1 N–H and O–H groups in total. The second kappa shape index (κ2) is 8.44. The second-order valence-corrected chi connectivity index (χ2v) is 7.59. The van der Waals surface area contributed by atoms with E-state index in [0.717, 1.165) is 31.9 Å². The summed E-state index contributed by atoms with van der Waals surface area (Å²) in [5.74, 6) is 0.764. The molecule has 2 aromatic rings. The van der Waals surface area contributed by atoms with Crippen molar-refractivity contribution in [2.24, 2.45) is 5.10 Å². The number of thiophene rings is 1. The van der Waals surface area contributed by atoms with Crippen molar-refractivity contribution in [3.63, 3.8) is 0 Å². The van der Waals surface area contributed by atoms with E-state index in [1.54, 1.807) is 11.3 Å². The Morgan fingerprint density at radius 3 is 2.79 bits per heavy atom. The van der Waals surface area contributed by atoms with Crippen molar-refractivity contribution >= 4 is 38.9 Å². The van der Waals surface area contributed by atoms with Gasteiger partial charge in [-0.2, -0.15) is 5.10 Å². The van der Waals surface area contributed by atoms with Gasteiger partial charge in [-0.25, -0.2) is 5.43 Å². The zero-order valence-electron chi connectivity index (χ0n) is 14.2. The van der Waals surface area contributed by atoms with Gasteiger partial charge < -0.3 is 4.74 Å². The third-order valence-corrected chi connectivity index (χ3v) is 5.33. The quantitative estimate of drug-likeness (QED) is 0.547. The van der Waals surface area contributed by atoms with Gasteiger partial charge in [-0.3, -0.25) is 4.79 Å². The number of nitrogens with zero attached hydrogens (tertiary/aromatic N) is 1. The Labute approximate surface area is 155 Å². The van der Waals surface area contributed by atoms with Crippen LogP contribution in [0.5, 0.6) is 5.75 Å². The number of benzene rings is 1. The molecule has 2 rings (SSSR count). The van der Waals surface area contributed by atoms with Gasteiger partial charge in [0.1, 0.15) is 5.75 Å². The third kappa shape index (κ3) is 4.92. The molecule has 4 nitrogen and oxygen atoms in total. The lowest BCUT2D eigenvalue weighted by Gasteiger charge is -2.15. The Kier molecular flexibility index (Phi) is 6.57. The number of ether oxygens (including phenoxy) is 1. The van der Waals surface area contributed by atoms with Gasteiger partial charge in [0.15, 0.2) is 6.61 Å². The van der Waals surface area contributed by atoms with Crippen LogP contribution in [0, 0.1) is 6.92 Å². The van der Waals surface area contributed by atoms with E-state index in [4.69, 9.17) is 4.74 Å². The zero-order valence-corrected chi connectivity index (χ0v) is 16.6. The highest BCUT2D eigenvalue weighted by Crippen LogP contribution is 2.32. The molecule has 1 aromatic carbocycles. The van der Waals surface area contributed by atoms with Crippen LogP contribution in [0.25, 0.3) is 0 Å². The summed E-state index contributed by atoms with van der Waals surface area (Å²) in [7, 11) is 0. The summed E-state index contributed by atoms with van der Waals surface area (Å²) in [6, 6.07) is 7.91. The number of hydrazone groups is 1. The first-order valence-electron chi connectivity index (χ1n) is 7.68. The van der Waals surface area contributed by atoms with E-state index in [1.807, 2.05) is 43.5 Å². The zero-order chi connectivity index (χ0) is 17.7. The number of carbonyl (C=O) groups excluding carboxylic acids is 1. The number of rotatable bonds is 6. The molecule has 0 saturated heterocycles. The van der Waals surface area contributed by atoms with E-state index in [-0.39, 0.29) is 12.5 Å². The molecule has 0 aliphatic heterocycles. The van der Waals surface area contributed by atoms with Crippen molar-refractivity contribution < 1.29 is 9.53 Å². The minimum Gasteiger partial charge on any atom is -0.483 e. The highest BCUT2D eigenvalue weighted by Gasteiger charge is 2.12. The Morgan fingerprint density at radius 1 is 1.42 bits per heavy atom. The first kappa shape index (κ1) is 18.7. The summed E-state index contributed by atoms with van der Waals surface area (Å²) in [6.45, 7) is 7.98. The number of aryl methyl sites for hydroxylation is 1. The van der Waals surface area contributed by atoms with Crippen LogP contribution in [-0.4, -0.2) is 18.2 Å². The normalized spacial score (nSPS) is 11.7. The minimum atomic E-state index is -0.277. The van der Waals surface area contributed by atoms with Gasteiger partial charge >= 0.3 is 0 Å². The molecule has 0 aliphatic carbocycles. The van der Waals surface area contributed by atoms with E-state index in [1.165, 1.54) is 0 Å². The molecule has 1 heterocycles. The van der Waals surface area contributed by atoms with Gasteiger partial charge in [-0.1, -0.05) is 35.8 Å². The second-order valence-electron chi connectivity index (χ2n) is 5.79. The predicted octanol–water partition coefficient (Wildman–Crippen LogP) is 4.86. The molecule has 0 unspecified atom stereocenters. The summed E-state index contributed by atoms with van der Waals surface area (Å²) in [5, 5.41) is 6.08. The summed E-state index contributed by atoms with van der Waals surface area (Å²) in [5.41, 5.74) is 5.45. The molecule has 0 atom stereocenters. The van der Waals surface area contributed by atoms with Gasteiger partial charge in [0, 0.05) is 9.35 Å². The summed E-state index contributed by atoms with van der Waals surface area (Å²) in [4.78, 5) is 13.0. The lowest BCUT2D eigenvalue weighted by molar-refractivity contribution is -0.123. The molecule has 0 fully saturated rings. The fourth-order valence-corrected chi connectivity index (χ4v) is 3.15. The number of hydrogen-bond donors (Lipinski definition) is 1. The minimum absolute atomic E-state index is 0.0674. The first-order valence-corrected chi connectivity index (χ1v) is 9.35. The Morgan fingerprint density at radius 2 is 2.17 bits per heavy atom. The number of carbonyl (C=O) groups is 1. The largest absolute Gasteiger partial charge is 0.483 e. The summed E-state index contributed by atoms with van der Waals surface area (Å²) < 4.78 is 6.76. The summed E-state index contributed by atoms with van der Waals surface area (Å²) >= 11 is 5.12. The van der Waals surface area contributed by atoms with E-state index in [2.05, 4.69) is 40.3 Å². The van der Waals surface area contributed by atoms with Crippen molar-refractivity contribution in [1.29, 1.82) is 0 Å². The van der Waals surface area contributed by atoms with Gasteiger partial charge in [0.2, 0.25) is 0 Å². The van der Waals surface area contributed by atoms with Crippen molar-refractivity contribution in [2.45, 2.75) is 33.6 Å². The maximum atomic E-state index is 12.0. The fourth-order valence-electron chi connectivity index (χ4n) is 2.11. The molecular formula is C18H21BrN2O2S. The Bertz CT molecular complexity index is 740. The van der Waals surface area contributed by atoms with Crippen LogP contribution in [0.15, 0.2) is 39.2 Å². The molecule has 24 heavy (non-hydrogen) atoms. The Hall–Kier alpha value is -1.66. The van der Waals surface area contributed by atoms with Gasteiger partial charge in [0.25, 0.3) is 5.91 Å². The van der Waals surface area contributed by atoms with Crippen LogP contribution in [0.4, 0.5) is 0 Å². The molecule has 0 spiro atoms. The molecule has 0 bridgehead atoms. The lowest BCUT2D eigenvalue weighted by atomic mass is 10.0. The molecule has 1 aromatic heterocycles. The molecule has 128 valence electrons. The van der Waals surface area contributed by atoms with E-state index >= 15 is 0 Å². The number of amides is 1. The third-order valence-electron chi connectivity index (χ3n) is 3.50. The van der Waals surface area contributed by atoms with Gasteiger partial charge in [-0.05, 0) is 54.5 Å². The van der Waals surface area contributed by atoms with Crippen LogP contribution in [-0.2, 0) is 4.79 Å². The molecule has 0 saturated carbocycles. The average Bonchev–Trinajstić information content (AvgIpc) is 3.07. The maximum Gasteiger partial charge on any atom is 0.277 e.